The fourth-order valence-corrected chi connectivity index (χ4v) is 2.90. The Balaban J connectivity index is 1.82. The van der Waals surface area contributed by atoms with Crippen molar-refractivity contribution >= 4 is 29.2 Å². The van der Waals surface area contributed by atoms with Crippen molar-refractivity contribution in [1.82, 2.24) is 0 Å². The monoisotopic (exact) mass is 384 g/mol. The summed E-state index contributed by atoms with van der Waals surface area (Å²) in [4.78, 5) is 37.9. The van der Waals surface area contributed by atoms with Crippen LogP contribution in [0, 0.1) is 0 Å². The summed E-state index contributed by atoms with van der Waals surface area (Å²) < 4.78 is 15.7. The first-order chi connectivity index (χ1) is 13.4. The van der Waals surface area contributed by atoms with Crippen LogP contribution < -0.4 is 19.7 Å². The van der Waals surface area contributed by atoms with Crippen molar-refractivity contribution in [3.63, 3.8) is 0 Å². The molecule has 0 bridgehead atoms. The van der Waals surface area contributed by atoms with Gasteiger partial charge in [-0.15, -0.1) is 0 Å². The Morgan fingerprint density at radius 3 is 2.57 bits per heavy atom. The molecule has 1 atom stereocenters. The molecule has 1 aliphatic heterocycles. The van der Waals surface area contributed by atoms with E-state index in [1.54, 1.807) is 31.2 Å². The zero-order valence-electron chi connectivity index (χ0n) is 15.7. The number of para-hydroxylation sites is 2. The average molecular weight is 384 g/mol. The molecule has 0 spiro atoms. The molecule has 2 amide bonds. The minimum atomic E-state index is -0.892. The number of carbonyl (C=O) groups excluding carboxylic acids is 3. The van der Waals surface area contributed by atoms with Gasteiger partial charge < -0.3 is 19.5 Å². The van der Waals surface area contributed by atoms with Crippen molar-refractivity contribution in [2.45, 2.75) is 13.0 Å². The number of amides is 2. The van der Waals surface area contributed by atoms with Crippen molar-refractivity contribution < 1.29 is 28.6 Å². The Bertz CT molecular complexity index is 927. The summed E-state index contributed by atoms with van der Waals surface area (Å²) in [6, 6.07) is 11.6. The van der Waals surface area contributed by atoms with Gasteiger partial charge in [-0.05, 0) is 37.3 Å². The van der Waals surface area contributed by atoms with Crippen LogP contribution >= 0.6 is 0 Å². The number of benzene rings is 2. The van der Waals surface area contributed by atoms with Gasteiger partial charge in [-0.3, -0.25) is 14.5 Å². The van der Waals surface area contributed by atoms with Crippen LogP contribution in [-0.2, 0) is 14.3 Å². The number of hydrogen-bond acceptors (Lipinski definition) is 6. The zero-order chi connectivity index (χ0) is 20.3. The molecule has 1 unspecified atom stereocenters. The lowest BCUT2D eigenvalue weighted by molar-refractivity contribution is -0.126. The minimum absolute atomic E-state index is 0.0953. The second-order valence-corrected chi connectivity index (χ2v) is 6.11. The second kappa shape index (κ2) is 7.99. The Labute approximate surface area is 162 Å². The minimum Gasteiger partial charge on any atom is -0.493 e. The fourth-order valence-electron chi connectivity index (χ4n) is 2.90. The van der Waals surface area contributed by atoms with Crippen molar-refractivity contribution in [2.75, 3.05) is 31.0 Å². The maximum absolute atomic E-state index is 12.9. The number of esters is 1. The Hall–Kier alpha value is -3.55. The van der Waals surface area contributed by atoms with E-state index in [1.165, 1.54) is 37.3 Å². The van der Waals surface area contributed by atoms with Crippen molar-refractivity contribution in [2.24, 2.45) is 0 Å². The molecule has 1 N–H and O–H groups in total. The molecule has 0 fully saturated rings. The third kappa shape index (κ3) is 3.75. The van der Waals surface area contributed by atoms with Crippen molar-refractivity contribution in [1.29, 1.82) is 0 Å². The molecule has 2 aromatic carbocycles. The number of methoxy groups -OCH3 is 2. The van der Waals surface area contributed by atoms with Crippen LogP contribution in [0.4, 0.5) is 11.4 Å². The molecular formula is C20H20N2O6. The number of nitrogens with zero attached hydrogens (tertiary/aromatic N) is 1. The van der Waals surface area contributed by atoms with E-state index in [4.69, 9.17) is 9.47 Å². The third-order valence-corrected chi connectivity index (χ3v) is 4.27. The lowest BCUT2D eigenvalue weighted by Gasteiger charge is -2.31. The lowest BCUT2D eigenvalue weighted by Crippen LogP contribution is -2.47. The molecule has 0 aromatic heterocycles. The highest BCUT2D eigenvalue weighted by atomic mass is 16.5. The number of fused-ring (bicyclic) bond motifs is 1. The summed E-state index contributed by atoms with van der Waals surface area (Å²) in [5, 5.41) is 2.74. The smallest absolute Gasteiger partial charge is 0.337 e. The van der Waals surface area contributed by atoms with Crippen LogP contribution in [0.1, 0.15) is 17.3 Å². The average Bonchev–Trinajstić information content (AvgIpc) is 2.72. The summed E-state index contributed by atoms with van der Waals surface area (Å²) in [7, 11) is 2.72. The summed E-state index contributed by atoms with van der Waals surface area (Å²) in [6.45, 7) is 1.49. The number of rotatable bonds is 5. The zero-order valence-corrected chi connectivity index (χ0v) is 15.7. The van der Waals surface area contributed by atoms with Crippen LogP contribution in [0.3, 0.4) is 0 Å². The van der Waals surface area contributed by atoms with Crippen LogP contribution in [0.2, 0.25) is 0 Å². The van der Waals surface area contributed by atoms with Gasteiger partial charge in [0.15, 0.2) is 17.6 Å². The largest absolute Gasteiger partial charge is 0.493 e. The predicted octanol–water partition coefficient (Wildman–Crippen LogP) is 2.23. The Morgan fingerprint density at radius 2 is 1.86 bits per heavy atom. The van der Waals surface area contributed by atoms with E-state index < -0.39 is 12.1 Å². The SMILES string of the molecule is COC(=O)c1ccc(OC(C)C(=O)N2CC(=O)Nc3ccccc32)c(OC)c1. The van der Waals surface area contributed by atoms with E-state index in [-0.39, 0.29) is 18.4 Å². The third-order valence-electron chi connectivity index (χ3n) is 4.27. The highest BCUT2D eigenvalue weighted by Crippen LogP contribution is 2.32. The van der Waals surface area contributed by atoms with Gasteiger partial charge in [-0.25, -0.2) is 4.79 Å². The van der Waals surface area contributed by atoms with Crippen LogP contribution in [0.5, 0.6) is 11.5 Å². The van der Waals surface area contributed by atoms with Crippen LogP contribution in [-0.4, -0.2) is 44.7 Å². The van der Waals surface area contributed by atoms with Crippen molar-refractivity contribution in [3.05, 3.63) is 48.0 Å². The molecule has 146 valence electrons. The molecule has 8 heteroatoms. The number of nitrogens with one attached hydrogen (secondary N) is 1. The lowest BCUT2D eigenvalue weighted by atomic mass is 10.1. The van der Waals surface area contributed by atoms with Gasteiger partial charge in [0.25, 0.3) is 5.91 Å². The van der Waals surface area contributed by atoms with Gasteiger partial charge in [0.1, 0.15) is 6.54 Å². The van der Waals surface area contributed by atoms with Gasteiger partial charge >= 0.3 is 5.97 Å². The summed E-state index contributed by atoms with van der Waals surface area (Å²) in [5.74, 6) is -0.573. The first-order valence-electron chi connectivity index (χ1n) is 8.58. The topological polar surface area (TPSA) is 94.2 Å². The Morgan fingerprint density at radius 1 is 1.11 bits per heavy atom. The van der Waals surface area contributed by atoms with Gasteiger partial charge in [0.2, 0.25) is 5.91 Å². The number of ether oxygens (including phenoxy) is 3. The predicted molar refractivity (Wildman–Crippen MR) is 102 cm³/mol. The molecule has 0 saturated carbocycles. The fraction of sp³-hybridized carbons (Fsp3) is 0.250. The molecule has 8 nitrogen and oxygen atoms in total. The normalized spacial score (nSPS) is 13.8. The van der Waals surface area contributed by atoms with Gasteiger partial charge in [0, 0.05) is 0 Å². The van der Waals surface area contributed by atoms with Gasteiger partial charge in [-0.1, -0.05) is 12.1 Å². The highest BCUT2D eigenvalue weighted by Gasteiger charge is 2.31. The highest BCUT2D eigenvalue weighted by molar-refractivity contribution is 6.10. The molecule has 0 aliphatic carbocycles. The van der Waals surface area contributed by atoms with Gasteiger partial charge in [-0.2, -0.15) is 0 Å². The number of hydrogen-bond donors (Lipinski definition) is 1. The van der Waals surface area contributed by atoms with E-state index in [9.17, 15) is 14.4 Å². The quantitative estimate of drug-likeness (QED) is 0.795. The maximum atomic E-state index is 12.9. The molecule has 1 aliphatic rings. The second-order valence-electron chi connectivity index (χ2n) is 6.11. The van der Waals surface area contributed by atoms with Crippen LogP contribution in [0.15, 0.2) is 42.5 Å². The maximum Gasteiger partial charge on any atom is 0.337 e. The number of anilines is 2. The van der Waals surface area contributed by atoms with Crippen LogP contribution in [0.25, 0.3) is 0 Å². The molecular weight excluding hydrogens is 364 g/mol. The standard InChI is InChI=1S/C20H20N2O6/c1-12(28-16-9-8-13(20(25)27-3)10-17(16)26-2)19(24)22-11-18(23)21-14-6-4-5-7-15(14)22/h4-10,12H,11H2,1-3H3,(H,21,23). The van der Waals surface area contributed by atoms with E-state index >= 15 is 0 Å². The molecule has 3 rings (SSSR count). The first-order valence-corrected chi connectivity index (χ1v) is 8.58. The van der Waals surface area contributed by atoms with E-state index in [0.29, 0.717) is 28.4 Å². The number of carbonyl (C=O) groups is 3. The molecule has 1 heterocycles. The van der Waals surface area contributed by atoms with E-state index in [0.717, 1.165) is 0 Å². The molecule has 0 saturated heterocycles. The van der Waals surface area contributed by atoms with E-state index in [1.807, 2.05) is 0 Å². The Kier molecular flexibility index (Phi) is 5.49. The summed E-state index contributed by atoms with van der Waals surface area (Å²) in [5.41, 5.74) is 1.47. The van der Waals surface area contributed by atoms with Gasteiger partial charge in [0.05, 0.1) is 31.2 Å². The first kappa shape index (κ1) is 19.2. The molecule has 2 aromatic rings. The van der Waals surface area contributed by atoms with E-state index in [2.05, 4.69) is 10.1 Å². The summed E-state index contributed by atoms with van der Waals surface area (Å²) in [6.07, 6.45) is -0.892. The summed E-state index contributed by atoms with van der Waals surface area (Å²) >= 11 is 0. The molecule has 0 radical (unpaired) electrons. The van der Waals surface area contributed by atoms with Crippen molar-refractivity contribution in [3.8, 4) is 11.5 Å². The molecule has 28 heavy (non-hydrogen) atoms.